The van der Waals surface area contributed by atoms with E-state index in [-0.39, 0.29) is 24.4 Å². The van der Waals surface area contributed by atoms with E-state index in [9.17, 15) is 9.18 Å². The van der Waals surface area contributed by atoms with Crippen LogP contribution in [0.25, 0.3) is 0 Å². The molecule has 6 heteroatoms. The fourth-order valence-corrected chi connectivity index (χ4v) is 3.47. The predicted octanol–water partition coefficient (Wildman–Crippen LogP) is 3.11. The number of aromatic nitrogens is 1. The average molecular weight is 385 g/mol. The van der Waals surface area contributed by atoms with Crippen molar-refractivity contribution < 1.29 is 13.9 Å². The van der Waals surface area contributed by atoms with Gasteiger partial charge in [0.15, 0.2) is 0 Å². The summed E-state index contributed by atoms with van der Waals surface area (Å²) in [5.41, 5.74) is 1.59. The van der Waals surface area contributed by atoms with Crippen LogP contribution in [-0.2, 0) is 22.7 Å². The molecular weight excluding hydrogens is 357 g/mol. The van der Waals surface area contributed by atoms with Gasteiger partial charge in [-0.1, -0.05) is 38.1 Å². The third-order valence-electron chi connectivity index (χ3n) is 4.74. The molecule has 5 nitrogen and oxygen atoms in total. The van der Waals surface area contributed by atoms with Gasteiger partial charge >= 0.3 is 0 Å². The van der Waals surface area contributed by atoms with E-state index >= 15 is 0 Å². The Balaban J connectivity index is 1.71. The number of benzene rings is 1. The van der Waals surface area contributed by atoms with Crippen LogP contribution >= 0.6 is 0 Å². The summed E-state index contributed by atoms with van der Waals surface area (Å²) in [6.07, 6.45) is 3.37. The number of carbonyl (C=O) groups is 1. The van der Waals surface area contributed by atoms with Crippen LogP contribution in [0, 0.1) is 11.7 Å². The first kappa shape index (κ1) is 20.4. The Morgan fingerprint density at radius 1 is 1.21 bits per heavy atom. The zero-order valence-corrected chi connectivity index (χ0v) is 16.6. The molecular formula is C22H28FN3O2. The zero-order chi connectivity index (χ0) is 19.9. The Morgan fingerprint density at radius 2 is 2.04 bits per heavy atom. The van der Waals surface area contributed by atoms with Gasteiger partial charge in [0, 0.05) is 44.1 Å². The van der Waals surface area contributed by atoms with Gasteiger partial charge in [-0.2, -0.15) is 0 Å². The van der Waals surface area contributed by atoms with Gasteiger partial charge in [-0.15, -0.1) is 0 Å². The molecule has 0 radical (unpaired) electrons. The first-order valence-electron chi connectivity index (χ1n) is 9.75. The van der Waals surface area contributed by atoms with Crippen molar-refractivity contribution in [1.82, 2.24) is 14.8 Å². The molecule has 0 saturated carbocycles. The monoisotopic (exact) mass is 385 g/mol. The average Bonchev–Trinajstić information content (AvgIpc) is 2.80. The second-order valence-electron chi connectivity index (χ2n) is 7.75. The van der Waals surface area contributed by atoms with E-state index in [1.807, 2.05) is 23.2 Å². The lowest BCUT2D eigenvalue weighted by molar-refractivity contribution is -0.132. The molecule has 0 N–H and O–H groups in total. The summed E-state index contributed by atoms with van der Waals surface area (Å²) in [4.78, 5) is 20.9. The quantitative estimate of drug-likeness (QED) is 0.735. The van der Waals surface area contributed by atoms with Gasteiger partial charge in [0.2, 0.25) is 5.91 Å². The van der Waals surface area contributed by atoms with E-state index in [4.69, 9.17) is 4.74 Å². The minimum atomic E-state index is -0.265. The van der Waals surface area contributed by atoms with Gasteiger partial charge < -0.3 is 9.64 Å². The highest BCUT2D eigenvalue weighted by atomic mass is 19.1. The summed E-state index contributed by atoms with van der Waals surface area (Å²) in [5.74, 6) is 0.217. The normalized spacial score (nSPS) is 18.5. The van der Waals surface area contributed by atoms with E-state index in [0.29, 0.717) is 44.2 Å². The van der Waals surface area contributed by atoms with Crippen molar-refractivity contribution in [2.24, 2.45) is 5.92 Å². The van der Waals surface area contributed by atoms with Crippen LogP contribution in [0.4, 0.5) is 4.39 Å². The predicted molar refractivity (Wildman–Crippen MR) is 106 cm³/mol. The van der Waals surface area contributed by atoms with E-state index in [1.165, 1.54) is 6.07 Å². The first-order chi connectivity index (χ1) is 13.5. The van der Waals surface area contributed by atoms with Crippen LogP contribution in [0.1, 0.15) is 25.0 Å². The molecule has 1 aliphatic rings. The summed E-state index contributed by atoms with van der Waals surface area (Å²) < 4.78 is 20.0. The highest BCUT2D eigenvalue weighted by Gasteiger charge is 2.29. The first-order valence-corrected chi connectivity index (χ1v) is 9.75. The van der Waals surface area contributed by atoms with Crippen molar-refractivity contribution in [2.75, 3.05) is 26.2 Å². The summed E-state index contributed by atoms with van der Waals surface area (Å²) in [6, 6.07) is 10.5. The molecule has 1 aliphatic heterocycles. The van der Waals surface area contributed by atoms with Crippen LogP contribution < -0.4 is 0 Å². The summed E-state index contributed by atoms with van der Waals surface area (Å²) in [5, 5.41) is 0. The van der Waals surface area contributed by atoms with Gasteiger partial charge in [-0.25, -0.2) is 4.39 Å². The van der Waals surface area contributed by atoms with Gasteiger partial charge in [-0.05, 0) is 23.6 Å². The van der Waals surface area contributed by atoms with Crippen molar-refractivity contribution in [3.63, 3.8) is 0 Å². The van der Waals surface area contributed by atoms with Crippen LogP contribution in [0.5, 0.6) is 0 Å². The van der Waals surface area contributed by atoms with Crippen molar-refractivity contribution in [3.05, 3.63) is 65.7 Å². The van der Waals surface area contributed by atoms with E-state index in [2.05, 4.69) is 23.7 Å². The highest BCUT2D eigenvalue weighted by Crippen LogP contribution is 2.16. The van der Waals surface area contributed by atoms with Gasteiger partial charge in [0.1, 0.15) is 5.82 Å². The summed E-state index contributed by atoms with van der Waals surface area (Å²) >= 11 is 0. The topological polar surface area (TPSA) is 45.7 Å². The maximum Gasteiger partial charge on any atom is 0.236 e. The molecule has 28 heavy (non-hydrogen) atoms. The zero-order valence-electron chi connectivity index (χ0n) is 16.6. The molecule has 1 amide bonds. The van der Waals surface area contributed by atoms with Gasteiger partial charge in [0.05, 0.1) is 19.3 Å². The number of nitrogens with zero attached hydrogens (tertiary/aromatic N) is 3. The Kier molecular flexibility index (Phi) is 7.12. The summed E-state index contributed by atoms with van der Waals surface area (Å²) in [6.45, 7) is 7.21. The number of hydrogen-bond donors (Lipinski definition) is 0. The minimum absolute atomic E-state index is 0.106. The number of carbonyl (C=O) groups excluding carboxylic acids is 1. The lowest BCUT2D eigenvalue weighted by atomic mass is 10.2. The van der Waals surface area contributed by atoms with E-state index in [0.717, 1.165) is 5.56 Å². The third-order valence-corrected chi connectivity index (χ3v) is 4.74. The van der Waals surface area contributed by atoms with E-state index < -0.39 is 0 Å². The molecule has 1 aromatic heterocycles. The smallest absolute Gasteiger partial charge is 0.236 e. The van der Waals surface area contributed by atoms with Crippen molar-refractivity contribution in [1.29, 1.82) is 0 Å². The second kappa shape index (κ2) is 9.75. The largest absolute Gasteiger partial charge is 0.370 e. The number of hydrogen-bond acceptors (Lipinski definition) is 4. The molecule has 0 spiro atoms. The van der Waals surface area contributed by atoms with Crippen LogP contribution in [0.2, 0.25) is 0 Å². The molecule has 1 saturated heterocycles. The molecule has 0 bridgehead atoms. The lowest BCUT2D eigenvalue weighted by Gasteiger charge is -2.26. The van der Waals surface area contributed by atoms with Crippen LogP contribution in [0.15, 0.2) is 48.8 Å². The molecule has 1 atom stereocenters. The standard InChI is InChI=1S/C22H28FN3O2/c1-17(2)11-26-14-20(28-16-19-7-3-4-8-21(19)23)13-25(15-22(26)27)12-18-6-5-9-24-10-18/h3-10,17,20H,11-16H2,1-2H3/t20-/m1/s1. The number of rotatable bonds is 7. The highest BCUT2D eigenvalue weighted by molar-refractivity contribution is 5.78. The number of amides is 1. The number of ether oxygens (including phenoxy) is 1. The van der Waals surface area contributed by atoms with E-state index in [1.54, 1.807) is 24.4 Å². The molecule has 150 valence electrons. The second-order valence-corrected chi connectivity index (χ2v) is 7.75. The number of pyridine rings is 1. The maximum atomic E-state index is 13.9. The molecule has 0 unspecified atom stereocenters. The molecule has 2 aromatic rings. The maximum absolute atomic E-state index is 13.9. The third kappa shape index (κ3) is 5.84. The van der Waals surface area contributed by atoms with Gasteiger partial charge in [-0.3, -0.25) is 14.7 Å². The van der Waals surface area contributed by atoms with Crippen LogP contribution in [-0.4, -0.2) is 53.0 Å². The Bertz CT molecular complexity index is 769. The van der Waals surface area contributed by atoms with Gasteiger partial charge in [0.25, 0.3) is 0 Å². The molecule has 2 heterocycles. The van der Waals surface area contributed by atoms with Crippen molar-refractivity contribution in [2.45, 2.75) is 33.1 Å². The summed E-state index contributed by atoms with van der Waals surface area (Å²) in [7, 11) is 0. The molecule has 0 aliphatic carbocycles. The Hall–Kier alpha value is -2.31. The fourth-order valence-electron chi connectivity index (χ4n) is 3.47. The minimum Gasteiger partial charge on any atom is -0.370 e. The molecule has 1 aromatic carbocycles. The van der Waals surface area contributed by atoms with Crippen molar-refractivity contribution >= 4 is 5.91 Å². The Labute approximate surface area is 166 Å². The molecule has 3 rings (SSSR count). The van der Waals surface area contributed by atoms with Crippen molar-refractivity contribution in [3.8, 4) is 0 Å². The van der Waals surface area contributed by atoms with Crippen LogP contribution in [0.3, 0.4) is 0 Å². The fraction of sp³-hybridized carbons (Fsp3) is 0.455. The molecule has 1 fully saturated rings. The number of halogens is 1. The lowest BCUT2D eigenvalue weighted by Crippen LogP contribution is -2.40. The Morgan fingerprint density at radius 3 is 2.75 bits per heavy atom. The SMILES string of the molecule is CC(C)CN1C[C@H](OCc2ccccc2F)CN(Cc2cccnc2)CC1=O.